The molecule has 1 aliphatic carbocycles. The molecule has 0 aliphatic heterocycles. The molecule has 0 heterocycles. The minimum atomic E-state index is -1.11. The van der Waals surface area contributed by atoms with Crippen LogP contribution in [0.4, 0.5) is 10.1 Å². The van der Waals surface area contributed by atoms with Crippen molar-refractivity contribution in [1.82, 2.24) is 0 Å². The largest absolute Gasteiger partial charge is 0.478 e. The number of hydrogen-bond donors (Lipinski definition) is 2. The summed E-state index contributed by atoms with van der Waals surface area (Å²) in [6.45, 7) is 0. The maximum absolute atomic E-state index is 13.8. The summed E-state index contributed by atoms with van der Waals surface area (Å²) >= 11 is 1.90. The van der Waals surface area contributed by atoms with Gasteiger partial charge in [-0.1, -0.05) is 0 Å². The molecule has 5 heteroatoms. The predicted molar refractivity (Wildman–Crippen MR) is 76.5 cm³/mol. The number of carbonyl (C=O) groups is 1. The zero-order valence-electron chi connectivity index (χ0n) is 10.9. The van der Waals surface area contributed by atoms with E-state index in [0.29, 0.717) is 5.69 Å². The van der Waals surface area contributed by atoms with Crippen molar-refractivity contribution >= 4 is 23.4 Å². The Kier molecular flexibility index (Phi) is 4.69. The fraction of sp³-hybridized carbons (Fsp3) is 0.500. The van der Waals surface area contributed by atoms with E-state index in [0.717, 1.165) is 37.0 Å². The van der Waals surface area contributed by atoms with E-state index in [1.165, 1.54) is 12.1 Å². The van der Waals surface area contributed by atoms with Gasteiger partial charge in [0.2, 0.25) is 0 Å². The average molecular weight is 283 g/mol. The van der Waals surface area contributed by atoms with Gasteiger partial charge in [-0.15, -0.1) is 0 Å². The highest BCUT2D eigenvalue weighted by molar-refractivity contribution is 7.99. The second kappa shape index (κ2) is 6.28. The first-order valence-corrected chi connectivity index (χ1v) is 7.71. The number of rotatable bonds is 4. The SMILES string of the molecule is CSC1CCC(Nc2ccc(C(=O)O)cc2F)CC1. The molecule has 0 radical (unpaired) electrons. The summed E-state index contributed by atoms with van der Waals surface area (Å²) in [4.78, 5) is 10.7. The highest BCUT2D eigenvalue weighted by atomic mass is 32.2. The van der Waals surface area contributed by atoms with Crippen LogP contribution in [0.25, 0.3) is 0 Å². The number of benzene rings is 1. The summed E-state index contributed by atoms with van der Waals surface area (Å²) in [5, 5.41) is 12.7. The Labute approximate surface area is 116 Å². The number of aromatic carboxylic acids is 1. The molecule has 104 valence electrons. The third kappa shape index (κ3) is 3.62. The lowest BCUT2D eigenvalue weighted by atomic mass is 9.94. The Morgan fingerprint density at radius 1 is 1.37 bits per heavy atom. The Morgan fingerprint density at radius 3 is 2.58 bits per heavy atom. The van der Waals surface area contributed by atoms with E-state index in [1.807, 2.05) is 11.8 Å². The van der Waals surface area contributed by atoms with Gasteiger partial charge >= 0.3 is 5.97 Å². The van der Waals surface area contributed by atoms with Crippen LogP contribution in [0.1, 0.15) is 36.0 Å². The van der Waals surface area contributed by atoms with Crippen LogP contribution in [0.3, 0.4) is 0 Å². The monoisotopic (exact) mass is 283 g/mol. The molecule has 3 nitrogen and oxygen atoms in total. The average Bonchev–Trinajstić information content (AvgIpc) is 2.41. The van der Waals surface area contributed by atoms with E-state index in [9.17, 15) is 9.18 Å². The lowest BCUT2D eigenvalue weighted by molar-refractivity contribution is 0.0696. The summed E-state index contributed by atoms with van der Waals surface area (Å²) in [5.74, 6) is -1.60. The summed E-state index contributed by atoms with van der Waals surface area (Å²) in [6.07, 6.45) is 6.49. The van der Waals surface area contributed by atoms with Crippen LogP contribution in [0.15, 0.2) is 18.2 Å². The van der Waals surface area contributed by atoms with Crippen LogP contribution in [0.2, 0.25) is 0 Å². The van der Waals surface area contributed by atoms with Crippen molar-refractivity contribution in [2.24, 2.45) is 0 Å². The molecule has 1 saturated carbocycles. The first kappa shape index (κ1) is 14.2. The molecule has 0 atom stereocenters. The van der Waals surface area contributed by atoms with Crippen LogP contribution < -0.4 is 5.32 Å². The summed E-state index contributed by atoms with van der Waals surface area (Å²) < 4.78 is 13.8. The number of carboxylic acids is 1. The molecule has 2 N–H and O–H groups in total. The number of nitrogens with one attached hydrogen (secondary N) is 1. The van der Waals surface area contributed by atoms with E-state index < -0.39 is 11.8 Å². The number of thioether (sulfide) groups is 1. The van der Waals surface area contributed by atoms with Crippen molar-refractivity contribution in [2.45, 2.75) is 37.0 Å². The molecule has 0 bridgehead atoms. The first-order valence-electron chi connectivity index (χ1n) is 6.42. The molecule has 1 fully saturated rings. The van der Waals surface area contributed by atoms with Gasteiger partial charge in [-0.3, -0.25) is 0 Å². The van der Waals surface area contributed by atoms with E-state index in [1.54, 1.807) is 0 Å². The van der Waals surface area contributed by atoms with E-state index >= 15 is 0 Å². The third-order valence-electron chi connectivity index (χ3n) is 3.58. The van der Waals surface area contributed by atoms with Crippen molar-refractivity contribution in [3.05, 3.63) is 29.6 Å². The van der Waals surface area contributed by atoms with Crippen LogP contribution in [0.5, 0.6) is 0 Å². The summed E-state index contributed by atoms with van der Waals surface area (Å²) in [7, 11) is 0. The standard InChI is InChI=1S/C14H18FNO2S/c1-19-11-5-3-10(4-6-11)16-13-7-2-9(14(17)18)8-12(13)15/h2,7-8,10-11,16H,3-6H2,1H3,(H,17,18). The molecular formula is C14H18FNO2S. The molecule has 2 rings (SSSR count). The van der Waals surface area contributed by atoms with Crippen LogP contribution >= 0.6 is 11.8 Å². The molecule has 0 aromatic heterocycles. The maximum Gasteiger partial charge on any atom is 0.335 e. The molecule has 0 amide bonds. The highest BCUT2D eigenvalue weighted by Crippen LogP contribution is 2.29. The topological polar surface area (TPSA) is 49.3 Å². The Hall–Kier alpha value is -1.23. The van der Waals surface area contributed by atoms with E-state index in [2.05, 4.69) is 11.6 Å². The van der Waals surface area contributed by atoms with Crippen molar-refractivity contribution in [2.75, 3.05) is 11.6 Å². The summed E-state index contributed by atoms with van der Waals surface area (Å²) in [5.41, 5.74) is 0.381. The molecule has 19 heavy (non-hydrogen) atoms. The number of hydrogen-bond acceptors (Lipinski definition) is 3. The number of anilines is 1. The predicted octanol–water partition coefficient (Wildman–Crippen LogP) is 3.61. The van der Waals surface area contributed by atoms with Crippen LogP contribution in [-0.4, -0.2) is 28.6 Å². The normalized spacial score (nSPS) is 23.1. The van der Waals surface area contributed by atoms with Crippen LogP contribution in [-0.2, 0) is 0 Å². The number of halogens is 1. The molecule has 1 aromatic carbocycles. The van der Waals surface area contributed by atoms with Crippen molar-refractivity contribution in [1.29, 1.82) is 0 Å². The molecule has 1 aromatic rings. The molecule has 0 unspecified atom stereocenters. The van der Waals surface area contributed by atoms with Gasteiger partial charge in [-0.05, 0) is 50.1 Å². The van der Waals surface area contributed by atoms with Gasteiger partial charge in [0.05, 0.1) is 11.3 Å². The molecule has 1 aliphatic rings. The highest BCUT2D eigenvalue weighted by Gasteiger charge is 2.21. The molecular weight excluding hydrogens is 265 g/mol. The lowest BCUT2D eigenvalue weighted by Crippen LogP contribution is -2.27. The van der Waals surface area contributed by atoms with Gasteiger partial charge < -0.3 is 10.4 Å². The fourth-order valence-corrected chi connectivity index (χ4v) is 3.17. The van der Waals surface area contributed by atoms with Gasteiger partial charge in [0.1, 0.15) is 5.82 Å². The van der Waals surface area contributed by atoms with Gasteiger partial charge in [-0.25, -0.2) is 9.18 Å². The van der Waals surface area contributed by atoms with Gasteiger partial charge in [-0.2, -0.15) is 11.8 Å². The Morgan fingerprint density at radius 2 is 2.05 bits per heavy atom. The molecule has 0 spiro atoms. The van der Waals surface area contributed by atoms with Crippen LogP contribution in [0, 0.1) is 5.82 Å². The second-order valence-electron chi connectivity index (χ2n) is 4.85. The first-order chi connectivity index (χ1) is 9.10. The minimum absolute atomic E-state index is 0.0193. The number of carboxylic acid groups (broad SMARTS) is 1. The fourth-order valence-electron chi connectivity index (χ4n) is 2.43. The van der Waals surface area contributed by atoms with Crippen molar-refractivity contribution in [3.8, 4) is 0 Å². The Bertz CT molecular complexity index is 459. The summed E-state index contributed by atoms with van der Waals surface area (Å²) in [6, 6.07) is 4.30. The van der Waals surface area contributed by atoms with Gasteiger partial charge in [0.15, 0.2) is 0 Å². The third-order valence-corrected chi connectivity index (χ3v) is 4.72. The zero-order chi connectivity index (χ0) is 13.8. The molecule has 0 saturated heterocycles. The lowest BCUT2D eigenvalue weighted by Gasteiger charge is -2.28. The maximum atomic E-state index is 13.8. The Balaban J connectivity index is 1.98. The van der Waals surface area contributed by atoms with Gasteiger partial charge in [0, 0.05) is 11.3 Å². The van der Waals surface area contributed by atoms with E-state index in [-0.39, 0.29) is 11.6 Å². The smallest absolute Gasteiger partial charge is 0.335 e. The second-order valence-corrected chi connectivity index (χ2v) is 5.99. The van der Waals surface area contributed by atoms with E-state index in [4.69, 9.17) is 5.11 Å². The quantitative estimate of drug-likeness (QED) is 0.886. The minimum Gasteiger partial charge on any atom is -0.478 e. The van der Waals surface area contributed by atoms with Crippen molar-refractivity contribution < 1.29 is 14.3 Å². The van der Waals surface area contributed by atoms with Crippen molar-refractivity contribution in [3.63, 3.8) is 0 Å². The zero-order valence-corrected chi connectivity index (χ0v) is 11.7. The van der Waals surface area contributed by atoms with Gasteiger partial charge in [0.25, 0.3) is 0 Å².